The van der Waals surface area contributed by atoms with Crippen molar-refractivity contribution in [2.75, 3.05) is 13.1 Å². The van der Waals surface area contributed by atoms with Crippen molar-refractivity contribution in [3.63, 3.8) is 0 Å². The van der Waals surface area contributed by atoms with Crippen LogP contribution < -0.4 is 10.1 Å². The molecule has 1 amide bonds. The highest BCUT2D eigenvalue weighted by Crippen LogP contribution is 2.65. The van der Waals surface area contributed by atoms with Crippen molar-refractivity contribution in [3.8, 4) is 11.5 Å². The van der Waals surface area contributed by atoms with E-state index in [1.165, 1.54) is 18.4 Å². The monoisotopic (exact) mass is 474 g/mol. The van der Waals surface area contributed by atoms with Crippen LogP contribution in [0.5, 0.6) is 11.5 Å². The number of aliphatic hydroxyl groups is 1. The third-order valence-electron chi connectivity index (χ3n) is 9.59. The number of hydrogen-bond donors (Lipinski definition) is 3. The molecule has 2 saturated carbocycles. The van der Waals surface area contributed by atoms with Crippen LogP contribution in [-0.2, 0) is 23.1 Å². The fourth-order valence-electron chi connectivity index (χ4n) is 7.81. The van der Waals surface area contributed by atoms with Crippen LogP contribution in [0, 0.1) is 5.92 Å². The van der Waals surface area contributed by atoms with Crippen LogP contribution >= 0.6 is 0 Å². The Kier molecular flexibility index (Phi) is 4.78. The Bertz CT molecular complexity index is 1160. The number of nitrogens with zero attached hydrogens (tertiary/aromatic N) is 1. The van der Waals surface area contributed by atoms with Gasteiger partial charge >= 0.3 is 0 Å². The van der Waals surface area contributed by atoms with Crippen molar-refractivity contribution in [2.45, 2.75) is 80.6 Å². The van der Waals surface area contributed by atoms with E-state index < -0.39 is 11.0 Å². The number of carbonyl (C=O) groups excluding carboxylic acids is 1. The molecule has 6 heteroatoms. The fraction of sp³-hybridized carbons (Fsp3) is 0.552. The fourth-order valence-corrected chi connectivity index (χ4v) is 7.81. The third kappa shape index (κ3) is 3.12. The third-order valence-corrected chi connectivity index (χ3v) is 9.59. The van der Waals surface area contributed by atoms with Gasteiger partial charge in [-0.25, -0.2) is 0 Å². The number of amides is 1. The largest absolute Gasteiger partial charge is 0.504 e. The Labute approximate surface area is 206 Å². The van der Waals surface area contributed by atoms with Gasteiger partial charge in [-0.1, -0.05) is 36.4 Å². The number of aromatic hydroxyl groups is 1. The SMILES string of the molecule is O=C(CCc1ccccc1)N[C@@H]1CC[C@@]2(O)[C@H]3Cc4ccc(O)c5c4[C@@]2(CCN3CC2CC2)[C@H]1O5. The van der Waals surface area contributed by atoms with E-state index in [9.17, 15) is 15.0 Å². The number of benzene rings is 2. The van der Waals surface area contributed by atoms with Gasteiger partial charge in [0.05, 0.1) is 17.1 Å². The molecule has 7 rings (SSSR count). The zero-order valence-corrected chi connectivity index (χ0v) is 20.1. The standard InChI is InChI=1S/C29H34N2O4/c32-22-10-9-20-16-23-29(34)13-12-21(30-24(33)11-8-18-4-2-1-3-5-18)27-28(29,25(20)26(22)35-27)14-15-31(23)17-19-6-7-19/h1-5,9-10,19,21,23,27,32,34H,6-8,11-17H2,(H,30,33)/t21-,23-,27+,28+,29-/m1/s1. The number of likely N-dealkylation sites (tertiary alicyclic amines) is 1. The van der Waals surface area contributed by atoms with Crippen molar-refractivity contribution in [1.29, 1.82) is 0 Å². The van der Waals surface area contributed by atoms with Crippen molar-refractivity contribution >= 4 is 5.91 Å². The number of rotatable bonds is 6. The number of phenolic OH excluding ortho intramolecular Hbond substituents is 1. The Morgan fingerprint density at radius 3 is 2.74 bits per heavy atom. The van der Waals surface area contributed by atoms with Crippen LogP contribution in [-0.4, -0.2) is 57.9 Å². The quantitative estimate of drug-likeness (QED) is 0.600. The van der Waals surface area contributed by atoms with Gasteiger partial charge in [-0.15, -0.1) is 0 Å². The zero-order chi connectivity index (χ0) is 23.8. The van der Waals surface area contributed by atoms with E-state index in [1.807, 2.05) is 36.4 Å². The summed E-state index contributed by atoms with van der Waals surface area (Å²) in [6.07, 6.45) is 6.24. The smallest absolute Gasteiger partial charge is 0.220 e. The van der Waals surface area contributed by atoms with E-state index in [1.54, 1.807) is 6.07 Å². The van der Waals surface area contributed by atoms with Crippen LogP contribution in [0.3, 0.4) is 0 Å². The summed E-state index contributed by atoms with van der Waals surface area (Å²) in [6.45, 7) is 1.99. The first kappa shape index (κ1) is 21.7. The molecular formula is C29H34N2O4. The molecule has 6 nitrogen and oxygen atoms in total. The average molecular weight is 475 g/mol. The van der Waals surface area contributed by atoms with Crippen LogP contribution in [0.4, 0.5) is 0 Å². The molecule has 5 aliphatic rings. The molecule has 1 saturated heterocycles. The summed E-state index contributed by atoms with van der Waals surface area (Å²) in [5, 5.41) is 26.5. The predicted molar refractivity (Wildman–Crippen MR) is 131 cm³/mol. The van der Waals surface area contributed by atoms with Crippen molar-refractivity contribution in [1.82, 2.24) is 10.2 Å². The van der Waals surface area contributed by atoms with Gasteiger partial charge in [0.2, 0.25) is 5.91 Å². The highest BCUT2D eigenvalue weighted by atomic mass is 16.5. The van der Waals surface area contributed by atoms with E-state index in [-0.39, 0.29) is 29.8 Å². The van der Waals surface area contributed by atoms with Gasteiger partial charge in [0, 0.05) is 24.6 Å². The molecule has 0 aromatic heterocycles. The number of ether oxygens (including phenoxy) is 1. The maximum absolute atomic E-state index is 13.0. The first-order chi connectivity index (χ1) is 17.0. The molecule has 3 aliphatic carbocycles. The molecule has 2 bridgehead atoms. The van der Waals surface area contributed by atoms with Crippen LogP contribution in [0.15, 0.2) is 42.5 Å². The normalized spacial score (nSPS) is 34.7. The lowest BCUT2D eigenvalue weighted by atomic mass is 9.48. The van der Waals surface area contributed by atoms with Crippen molar-refractivity contribution < 1.29 is 19.7 Å². The van der Waals surface area contributed by atoms with Gasteiger partial charge in [-0.05, 0) is 74.6 Å². The van der Waals surface area contributed by atoms with Crippen molar-refractivity contribution in [2.24, 2.45) is 5.92 Å². The predicted octanol–water partition coefficient (Wildman–Crippen LogP) is 3.07. The minimum atomic E-state index is -0.915. The number of piperidine rings is 1. The maximum Gasteiger partial charge on any atom is 0.220 e. The molecule has 0 radical (unpaired) electrons. The number of hydrogen-bond acceptors (Lipinski definition) is 5. The Morgan fingerprint density at radius 1 is 1.11 bits per heavy atom. The molecule has 2 aromatic carbocycles. The Morgan fingerprint density at radius 2 is 1.94 bits per heavy atom. The topological polar surface area (TPSA) is 82.0 Å². The average Bonchev–Trinajstić information content (AvgIpc) is 3.60. The second-order valence-electron chi connectivity index (χ2n) is 11.5. The van der Waals surface area contributed by atoms with Gasteiger partial charge < -0.3 is 20.3 Å². The first-order valence-electron chi connectivity index (χ1n) is 13.3. The van der Waals surface area contributed by atoms with E-state index in [0.29, 0.717) is 31.4 Å². The lowest BCUT2D eigenvalue weighted by molar-refractivity contribution is -0.192. The van der Waals surface area contributed by atoms with E-state index >= 15 is 0 Å². The summed E-state index contributed by atoms with van der Waals surface area (Å²) in [7, 11) is 0. The van der Waals surface area contributed by atoms with E-state index in [4.69, 9.17) is 4.74 Å². The molecule has 1 spiro atoms. The Balaban J connectivity index is 1.20. The number of phenols is 1. The minimum Gasteiger partial charge on any atom is -0.504 e. The molecular weight excluding hydrogens is 440 g/mol. The number of aryl methyl sites for hydroxylation is 1. The van der Waals surface area contributed by atoms with E-state index in [2.05, 4.69) is 10.2 Å². The second kappa shape index (κ2) is 7.71. The molecule has 0 unspecified atom stereocenters. The summed E-state index contributed by atoms with van der Waals surface area (Å²) < 4.78 is 6.54. The highest BCUT2D eigenvalue weighted by Gasteiger charge is 2.73. The van der Waals surface area contributed by atoms with Gasteiger partial charge in [-0.2, -0.15) is 0 Å². The van der Waals surface area contributed by atoms with Gasteiger partial charge in [0.15, 0.2) is 11.5 Å². The first-order valence-corrected chi connectivity index (χ1v) is 13.3. The highest BCUT2D eigenvalue weighted by molar-refractivity contribution is 5.77. The summed E-state index contributed by atoms with van der Waals surface area (Å²) in [6, 6.07) is 13.7. The molecule has 2 aliphatic heterocycles. The van der Waals surface area contributed by atoms with Crippen LogP contribution in [0.2, 0.25) is 0 Å². The summed E-state index contributed by atoms with van der Waals surface area (Å²) in [5.41, 5.74) is 1.84. The minimum absolute atomic E-state index is 0.0169. The molecule has 3 fully saturated rings. The number of nitrogens with one attached hydrogen (secondary N) is 1. The van der Waals surface area contributed by atoms with Gasteiger partial charge in [0.1, 0.15) is 6.10 Å². The molecule has 5 atom stereocenters. The second-order valence-corrected chi connectivity index (χ2v) is 11.5. The van der Waals surface area contributed by atoms with Gasteiger partial charge in [-0.3, -0.25) is 9.69 Å². The lowest BCUT2D eigenvalue weighted by Gasteiger charge is -2.64. The number of carbonyl (C=O) groups is 1. The van der Waals surface area contributed by atoms with E-state index in [0.717, 1.165) is 43.0 Å². The summed E-state index contributed by atoms with van der Waals surface area (Å²) in [5.74, 6) is 1.46. The summed E-state index contributed by atoms with van der Waals surface area (Å²) >= 11 is 0. The molecule has 3 N–H and O–H groups in total. The van der Waals surface area contributed by atoms with Crippen LogP contribution in [0.25, 0.3) is 0 Å². The summed E-state index contributed by atoms with van der Waals surface area (Å²) in [4.78, 5) is 15.6. The zero-order valence-electron chi connectivity index (χ0n) is 20.1. The maximum atomic E-state index is 13.0. The molecule has 35 heavy (non-hydrogen) atoms. The van der Waals surface area contributed by atoms with Crippen LogP contribution in [0.1, 0.15) is 55.2 Å². The van der Waals surface area contributed by atoms with Crippen molar-refractivity contribution in [3.05, 3.63) is 59.2 Å². The van der Waals surface area contributed by atoms with Gasteiger partial charge in [0.25, 0.3) is 0 Å². The molecule has 2 heterocycles. The Hall–Kier alpha value is -2.57. The molecule has 184 valence electrons. The lowest BCUT2D eigenvalue weighted by Crippen LogP contribution is -2.78. The molecule has 2 aromatic rings.